The molecule has 5 rings (SSSR count). The summed E-state index contributed by atoms with van der Waals surface area (Å²) in [5, 5.41) is 9.46. The first-order valence-corrected chi connectivity index (χ1v) is 9.00. The minimum atomic E-state index is 0.506. The van der Waals surface area contributed by atoms with Crippen LogP contribution in [0.15, 0.2) is 36.8 Å². The summed E-state index contributed by atoms with van der Waals surface area (Å²) in [6.45, 7) is 4.02. The van der Waals surface area contributed by atoms with Crippen molar-refractivity contribution < 1.29 is 0 Å². The molecule has 7 nitrogen and oxygen atoms in total. The average Bonchev–Trinajstić information content (AvgIpc) is 3.35. The van der Waals surface area contributed by atoms with Crippen LogP contribution >= 0.6 is 0 Å². The lowest BCUT2D eigenvalue weighted by Crippen LogP contribution is -2.18. The normalized spacial score (nSPS) is 14.1. The lowest BCUT2D eigenvalue weighted by atomic mass is 10.2. The molecule has 0 N–H and O–H groups in total. The SMILES string of the molecule is Cc1cn2cc(-c3ncc4nc(N5CCCC5)ccc4n3)cc(C#N)c2n1. The molecule has 0 amide bonds. The second-order valence-corrected chi connectivity index (χ2v) is 6.83. The Morgan fingerprint density at radius 2 is 1.89 bits per heavy atom. The minimum absolute atomic E-state index is 0.506. The Bertz CT molecular complexity index is 1210. The molecule has 132 valence electrons. The van der Waals surface area contributed by atoms with Gasteiger partial charge in [0.25, 0.3) is 0 Å². The Balaban J connectivity index is 1.59. The van der Waals surface area contributed by atoms with Gasteiger partial charge < -0.3 is 9.30 Å². The summed E-state index contributed by atoms with van der Waals surface area (Å²) in [6.07, 6.45) is 7.99. The first-order chi connectivity index (χ1) is 13.2. The molecule has 0 atom stereocenters. The Morgan fingerprint density at radius 3 is 2.70 bits per heavy atom. The second kappa shape index (κ2) is 6.02. The van der Waals surface area contributed by atoms with Crippen LogP contribution in [0.25, 0.3) is 28.1 Å². The van der Waals surface area contributed by atoms with Crippen LogP contribution in [0.2, 0.25) is 0 Å². The number of nitrogens with zero attached hydrogens (tertiary/aromatic N) is 7. The molecule has 1 aliphatic heterocycles. The number of imidazole rings is 1. The van der Waals surface area contributed by atoms with Crippen molar-refractivity contribution in [3.05, 3.63) is 48.0 Å². The summed E-state index contributed by atoms with van der Waals surface area (Å²) in [5.41, 5.74) is 4.37. The van der Waals surface area contributed by atoms with Gasteiger partial charge in [-0.2, -0.15) is 5.26 Å². The molecular formula is C20H17N7. The second-order valence-electron chi connectivity index (χ2n) is 6.83. The zero-order valence-electron chi connectivity index (χ0n) is 14.9. The summed E-state index contributed by atoms with van der Waals surface area (Å²) < 4.78 is 1.85. The Morgan fingerprint density at radius 1 is 1.04 bits per heavy atom. The maximum atomic E-state index is 9.46. The van der Waals surface area contributed by atoms with Gasteiger partial charge in [0, 0.05) is 31.0 Å². The zero-order chi connectivity index (χ0) is 18.4. The van der Waals surface area contributed by atoms with E-state index in [1.54, 1.807) is 12.3 Å². The molecular weight excluding hydrogens is 338 g/mol. The van der Waals surface area contributed by atoms with E-state index < -0.39 is 0 Å². The predicted molar refractivity (Wildman–Crippen MR) is 102 cm³/mol. The van der Waals surface area contributed by atoms with E-state index in [1.165, 1.54) is 12.8 Å². The first-order valence-electron chi connectivity index (χ1n) is 9.00. The molecule has 0 aromatic carbocycles. The van der Waals surface area contributed by atoms with Crippen molar-refractivity contribution >= 4 is 22.5 Å². The van der Waals surface area contributed by atoms with Crippen LogP contribution in [0.3, 0.4) is 0 Å². The maximum Gasteiger partial charge on any atom is 0.161 e. The largest absolute Gasteiger partial charge is 0.357 e. The number of anilines is 1. The van der Waals surface area contributed by atoms with Crippen LogP contribution in [0.1, 0.15) is 24.1 Å². The van der Waals surface area contributed by atoms with Gasteiger partial charge in [0.1, 0.15) is 17.4 Å². The van der Waals surface area contributed by atoms with Gasteiger partial charge in [0.15, 0.2) is 11.5 Å². The Labute approximate surface area is 156 Å². The van der Waals surface area contributed by atoms with Crippen molar-refractivity contribution in [3.8, 4) is 17.5 Å². The number of rotatable bonds is 2. The smallest absolute Gasteiger partial charge is 0.161 e. The molecule has 0 bridgehead atoms. The molecule has 1 saturated heterocycles. The van der Waals surface area contributed by atoms with Gasteiger partial charge in [-0.3, -0.25) is 0 Å². The molecule has 1 aliphatic rings. The fourth-order valence-corrected chi connectivity index (χ4v) is 3.60. The lowest BCUT2D eigenvalue weighted by Gasteiger charge is -2.16. The van der Waals surface area contributed by atoms with E-state index in [9.17, 15) is 5.26 Å². The van der Waals surface area contributed by atoms with E-state index in [1.807, 2.05) is 35.9 Å². The molecule has 0 radical (unpaired) electrons. The summed E-state index contributed by atoms with van der Waals surface area (Å²) in [4.78, 5) is 20.6. The standard InChI is InChI=1S/C20H17N7/c1-13-11-27-12-15(8-14(9-21)20(27)23-13)19-22-10-17-16(25-19)4-5-18(24-17)26-6-2-3-7-26/h4-5,8,10-12H,2-3,6-7H2,1H3. The number of hydrogen-bond donors (Lipinski definition) is 0. The van der Waals surface area contributed by atoms with Gasteiger partial charge in [-0.05, 0) is 38.0 Å². The van der Waals surface area contributed by atoms with E-state index in [4.69, 9.17) is 4.98 Å². The number of aryl methyl sites for hydroxylation is 1. The van der Waals surface area contributed by atoms with Crippen LogP contribution in [0, 0.1) is 18.3 Å². The topological polar surface area (TPSA) is 83.0 Å². The average molecular weight is 355 g/mol. The Hall–Kier alpha value is -3.53. The van der Waals surface area contributed by atoms with Crippen LogP contribution in [-0.4, -0.2) is 37.4 Å². The van der Waals surface area contributed by atoms with Gasteiger partial charge in [0.05, 0.1) is 23.0 Å². The molecule has 0 aliphatic carbocycles. The highest BCUT2D eigenvalue weighted by molar-refractivity contribution is 5.78. The summed E-state index contributed by atoms with van der Waals surface area (Å²) in [7, 11) is 0. The van der Waals surface area contributed by atoms with Crippen molar-refractivity contribution in [2.24, 2.45) is 0 Å². The monoisotopic (exact) mass is 355 g/mol. The van der Waals surface area contributed by atoms with Crippen molar-refractivity contribution in [3.63, 3.8) is 0 Å². The highest BCUT2D eigenvalue weighted by Gasteiger charge is 2.15. The number of hydrogen-bond acceptors (Lipinski definition) is 6. The molecule has 0 unspecified atom stereocenters. The summed E-state index contributed by atoms with van der Waals surface area (Å²) in [5.74, 6) is 1.56. The fourth-order valence-electron chi connectivity index (χ4n) is 3.60. The highest BCUT2D eigenvalue weighted by atomic mass is 15.2. The molecule has 0 spiro atoms. The summed E-state index contributed by atoms with van der Waals surface area (Å²) in [6, 6.07) is 8.01. The third-order valence-corrected chi connectivity index (χ3v) is 4.90. The first kappa shape index (κ1) is 15.7. The van der Waals surface area contributed by atoms with Gasteiger partial charge in [0.2, 0.25) is 0 Å². The Kier molecular flexibility index (Phi) is 3.50. The fraction of sp³-hybridized carbons (Fsp3) is 0.250. The van der Waals surface area contributed by atoms with Gasteiger partial charge in [-0.25, -0.2) is 19.9 Å². The van der Waals surface area contributed by atoms with Crippen LogP contribution in [0.5, 0.6) is 0 Å². The molecule has 0 saturated carbocycles. The van der Waals surface area contributed by atoms with Crippen molar-refractivity contribution in [1.29, 1.82) is 5.26 Å². The number of aromatic nitrogens is 5. The molecule has 1 fully saturated rings. The third kappa shape index (κ3) is 2.66. The lowest BCUT2D eigenvalue weighted by molar-refractivity contribution is 0.942. The zero-order valence-corrected chi connectivity index (χ0v) is 14.9. The predicted octanol–water partition coefficient (Wildman–Crippen LogP) is 3.12. The molecule has 7 heteroatoms. The minimum Gasteiger partial charge on any atom is -0.357 e. The number of fused-ring (bicyclic) bond motifs is 2. The van der Waals surface area contributed by atoms with E-state index in [2.05, 4.69) is 25.9 Å². The number of pyridine rings is 2. The van der Waals surface area contributed by atoms with Gasteiger partial charge in [-0.1, -0.05) is 0 Å². The molecule has 5 heterocycles. The third-order valence-electron chi connectivity index (χ3n) is 4.90. The quantitative estimate of drug-likeness (QED) is 0.549. The molecule has 4 aromatic rings. The molecule has 27 heavy (non-hydrogen) atoms. The van der Waals surface area contributed by atoms with Gasteiger partial charge in [-0.15, -0.1) is 0 Å². The summed E-state index contributed by atoms with van der Waals surface area (Å²) >= 11 is 0. The van der Waals surface area contributed by atoms with Gasteiger partial charge >= 0.3 is 0 Å². The molecule has 4 aromatic heterocycles. The van der Waals surface area contributed by atoms with Crippen LogP contribution in [-0.2, 0) is 0 Å². The number of nitriles is 1. The van der Waals surface area contributed by atoms with Crippen LogP contribution < -0.4 is 4.90 Å². The van der Waals surface area contributed by atoms with Crippen LogP contribution in [0.4, 0.5) is 5.82 Å². The van der Waals surface area contributed by atoms with E-state index >= 15 is 0 Å². The highest BCUT2D eigenvalue weighted by Crippen LogP contribution is 2.24. The van der Waals surface area contributed by atoms with E-state index in [-0.39, 0.29) is 0 Å². The van der Waals surface area contributed by atoms with Crippen molar-refractivity contribution in [2.75, 3.05) is 18.0 Å². The van der Waals surface area contributed by atoms with E-state index in [0.717, 1.165) is 41.2 Å². The van der Waals surface area contributed by atoms with Crippen molar-refractivity contribution in [2.45, 2.75) is 19.8 Å². The van der Waals surface area contributed by atoms with E-state index in [0.29, 0.717) is 17.0 Å². The van der Waals surface area contributed by atoms with Crippen molar-refractivity contribution in [1.82, 2.24) is 24.3 Å². The maximum absolute atomic E-state index is 9.46.